The molecule has 2 aliphatic rings. The molecule has 164 valence electrons. The van der Waals surface area contributed by atoms with Crippen molar-refractivity contribution in [2.75, 3.05) is 26.7 Å². The van der Waals surface area contributed by atoms with Crippen LogP contribution < -0.4 is 5.48 Å². The van der Waals surface area contributed by atoms with Gasteiger partial charge in [0.15, 0.2) is 0 Å². The van der Waals surface area contributed by atoms with Crippen molar-refractivity contribution in [2.24, 2.45) is 0 Å². The van der Waals surface area contributed by atoms with Crippen molar-refractivity contribution in [3.63, 3.8) is 0 Å². The van der Waals surface area contributed by atoms with Crippen molar-refractivity contribution in [3.8, 4) is 0 Å². The molecule has 1 aromatic carbocycles. The minimum Gasteiger partial charge on any atom is -0.444 e. The van der Waals surface area contributed by atoms with E-state index < -0.39 is 11.6 Å². The zero-order valence-electron chi connectivity index (χ0n) is 18.0. The summed E-state index contributed by atoms with van der Waals surface area (Å²) >= 11 is 0. The Bertz CT molecular complexity index is 771. The van der Waals surface area contributed by atoms with Gasteiger partial charge in [0.05, 0.1) is 19.7 Å². The molecule has 3 rings (SSSR count). The van der Waals surface area contributed by atoms with Crippen LogP contribution in [0.5, 0.6) is 0 Å². The highest BCUT2D eigenvalue weighted by molar-refractivity contribution is 5.95. The Morgan fingerprint density at radius 1 is 1.10 bits per heavy atom. The molecule has 5 amide bonds. The van der Waals surface area contributed by atoms with Gasteiger partial charge in [0.1, 0.15) is 5.60 Å². The Kier molecular flexibility index (Phi) is 6.50. The van der Waals surface area contributed by atoms with E-state index in [-0.39, 0.29) is 30.8 Å². The SMILES string of the molecule is CONC(=O)N1CC(c2ccccc2)N(C2CCN(C(=O)OC(C)(C)C)CC2)C1=O. The summed E-state index contributed by atoms with van der Waals surface area (Å²) in [7, 11) is 1.33. The summed E-state index contributed by atoms with van der Waals surface area (Å²) in [6, 6.07) is 8.39. The second-order valence-electron chi connectivity index (χ2n) is 8.54. The lowest BCUT2D eigenvalue weighted by Gasteiger charge is -2.39. The van der Waals surface area contributed by atoms with Crippen molar-refractivity contribution < 1.29 is 24.0 Å². The molecular weight excluding hydrogens is 388 g/mol. The number of imide groups is 1. The molecule has 2 heterocycles. The van der Waals surface area contributed by atoms with E-state index in [4.69, 9.17) is 9.57 Å². The summed E-state index contributed by atoms with van der Waals surface area (Å²) in [6.07, 6.45) is 0.900. The number of hydroxylamine groups is 1. The first-order chi connectivity index (χ1) is 14.2. The molecule has 30 heavy (non-hydrogen) atoms. The number of nitrogens with zero attached hydrogens (tertiary/aromatic N) is 3. The average molecular weight is 418 g/mol. The van der Waals surface area contributed by atoms with Crippen molar-refractivity contribution in [1.29, 1.82) is 0 Å². The van der Waals surface area contributed by atoms with Gasteiger partial charge < -0.3 is 14.5 Å². The van der Waals surface area contributed by atoms with Gasteiger partial charge in [0.2, 0.25) is 0 Å². The lowest BCUT2D eigenvalue weighted by molar-refractivity contribution is 0.0158. The standard InChI is InChI=1S/C21H30N4O5/c1-21(2,3)30-20(28)23-12-10-16(11-13-23)25-17(15-8-6-5-7-9-15)14-24(19(25)27)18(26)22-29-4/h5-9,16-17H,10-14H2,1-4H3,(H,22,26). The second kappa shape index (κ2) is 8.91. The summed E-state index contributed by atoms with van der Waals surface area (Å²) in [4.78, 5) is 47.1. The van der Waals surface area contributed by atoms with Crippen molar-refractivity contribution in [2.45, 2.75) is 51.3 Å². The fraction of sp³-hybridized carbons (Fsp3) is 0.571. The lowest BCUT2D eigenvalue weighted by Crippen LogP contribution is -2.50. The monoisotopic (exact) mass is 418 g/mol. The van der Waals surface area contributed by atoms with Gasteiger partial charge in [-0.15, -0.1) is 0 Å². The summed E-state index contributed by atoms with van der Waals surface area (Å²) in [5.41, 5.74) is 2.64. The van der Waals surface area contributed by atoms with Crippen LogP contribution in [0, 0.1) is 0 Å². The zero-order chi connectivity index (χ0) is 21.9. The Morgan fingerprint density at radius 2 is 1.73 bits per heavy atom. The van der Waals surface area contributed by atoms with Gasteiger partial charge in [0.25, 0.3) is 0 Å². The highest BCUT2D eigenvalue weighted by atomic mass is 16.6. The molecular formula is C21H30N4O5. The number of piperidine rings is 1. The molecule has 9 nitrogen and oxygen atoms in total. The molecule has 0 saturated carbocycles. The number of benzene rings is 1. The van der Waals surface area contributed by atoms with Crippen molar-refractivity contribution in [3.05, 3.63) is 35.9 Å². The molecule has 2 saturated heterocycles. The fourth-order valence-electron chi connectivity index (χ4n) is 3.93. The molecule has 1 atom stereocenters. The number of ether oxygens (including phenoxy) is 1. The van der Waals surface area contributed by atoms with E-state index in [9.17, 15) is 14.4 Å². The summed E-state index contributed by atoms with van der Waals surface area (Å²) < 4.78 is 5.46. The minimum atomic E-state index is -0.586. The molecule has 0 aromatic heterocycles. The zero-order valence-corrected chi connectivity index (χ0v) is 18.0. The Hall–Kier alpha value is -2.81. The van der Waals surface area contributed by atoms with Crippen LogP contribution in [0.1, 0.15) is 45.2 Å². The second-order valence-corrected chi connectivity index (χ2v) is 8.54. The van der Waals surface area contributed by atoms with Crippen LogP contribution in [0.3, 0.4) is 0 Å². The smallest absolute Gasteiger partial charge is 0.410 e. The molecule has 0 bridgehead atoms. The first kappa shape index (κ1) is 21.9. The third-order valence-electron chi connectivity index (χ3n) is 5.27. The molecule has 1 N–H and O–H groups in total. The third kappa shape index (κ3) is 4.84. The van der Waals surface area contributed by atoms with Gasteiger partial charge in [0, 0.05) is 19.1 Å². The van der Waals surface area contributed by atoms with Crippen molar-refractivity contribution in [1.82, 2.24) is 20.2 Å². The van der Waals surface area contributed by atoms with Crippen LogP contribution in [-0.2, 0) is 9.57 Å². The van der Waals surface area contributed by atoms with E-state index in [1.54, 1.807) is 9.80 Å². The number of nitrogens with one attached hydrogen (secondary N) is 1. The van der Waals surface area contributed by atoms with E-state index in [1.165, 1.54) is 12.0 Å². The van der Waals surface area contributed by atoms with Gasteiger partial charge in [-0.2, -0.15) is 0 Å². The van der Waals surface area contributed by atoms with Gasteiger partial charge in [-0.05, 0) is 39.2 Å². The third-order valence-corrected chi connectivity index (χ3v) is 5.27. The predicted octanol–water partition coefficient (Wildman–Crippen LogP) is 3.14. The van der Waals surface area contributed by atoms with Crippen LogP contribution in [0.15, 0.2) is 30.3 Å². The van der Waals surface area contributed by atoms with Crippen LogP contribution in [-0.4, -0.2) is 71.2 Å². The average Bonchev–Trinajstić information content (AvgIpc) is 3.05. The first-order valence-electron chi connectivity index (χ1n) is 10.2. The van der Waals surface area contributed by atoms with E-state index in [1.807, 2.05) is 51.1 Å². The quantitative estimate of drug-likeness (QED) is 0.762. The minimum absolute atomic E-state index is 0.0817. The Balaban J connectivity index is 1.74. The largest absolute Gasteiger partial charge is 0.444 e. The summed E-state index contributed by atoms with van der Waals surface area (Å²) in [5.74, 6) is 0. The molecule has 0 radical (unpaired) electrons. The van der Waals surface area contributed by atoms with E-state index in [0.717, 1.165) is 5.56 Å². The lowest BCUT2D eigenvalue weighted by atomic mass is 9.99. The molecule has 1 unspecified atom stereocenters. The molecule has 2 fully saturated rings. The maximum atomic E-state index is 13.1. The summed E-state index contributed by atoms with van der Waals surface area (Å²) in [5, 5.41) is 0. The van der Waals surface area contributed by atoms with Gasteiger partial charge in [-0.1, -0.05) is 30.3 Å². The molecule has 0 aliphatic carbocycles. The fourth-order valence-corrected chi connectivity index (χ4v) is 3.93. The van der Waals surface area contributed by atoms with E-state index in [0.29, 0.717) is 25.9 Å². The number of carbonyl (C=O) groups is 3. The Labute approximate surface area is 176 Å². The number of amides is 5. The number of likely N-dealkylation sites (tertiary alicyclic amines) is 1. The van der Waals surface area contributed by atoms with Crippen LogP contribution in [0.4, 0.5) is 14.4 Å². The molecule has 2 aliphatic heterocycles. The molecule has 0 spiro atoms. The predicted molar refractivity (Wildman–Crippen MR) is 109 cm³/mol. The van der Waals surface area contributed by atoms with Gasteiger partial charge in [-0.3, -0.25) is 4.84 Å². The van der Waals surface area contributed by atoms with Crippen molar-refractivity contribution >= 4 is 18.2 Å². The number of carbonyl (C=O) groups excluding carboxylic acids is 3. The Morgan fingerprint density at radius 3 is 2.30 bits per heavy atom. The summed E-state index contributed by atoms with van der Waals surface area (Å²) in [6.45, 7) is 6.74. The van der Waals surface area contributed by atoms with Gasteiger partial charge in [-0.25, -0.2) is 24.8 Å². The normalized spacial score (nSPS) is 20.5. The maximum absolute atomic E-state index is 13.1. The van der Waals surface area contributed by atoms with Crippen LogP contribution >= 0.6 is 0 Å². The number of hydrogen-bond donors (Lipinski definition) is 1. The topological polar surface area (TPSA) is 91.4 Å². The number of urea groups is 2. The maximum Gasteiger partial charge on any atom is 0.410 e. The number of hydrogen-bond acceptors (Lipinski definition) is 5. The number of rotatable bonds is 3. The molecule has 1 aromatic rings. The molecule has 9 heteroatoms. The van der Waals surface area contributed by atoms with Gasteiger partial charge >= 0.3 is 18.2 Å². The van der Waals surface area contributed by atoms with Crippen LogP contribution in [0.2, 0.25) is 0 Å². The first-order valence-corrected chi connectivity index (χ1v) is 10.2. The van der Waals surface area contributed by atoms with E-state index in [2.05, 4.69) is 5.48 Å². The highest BCUT2D eigenvalue weighted by Gasteiger charge is 2.45. The van der Waals surface area contributed by atoms with Crippen LogP contribution in [0.25, 0.3) is 0 Å². The highest BCUT2D eigenvalue weighted by Crippen LogP contribution is 2.34. The van der Waals surface area contributed by atoms with E-state index >= 15 is 0 Å².